The third kappa shape index (κ3) is 6.30. The van der Waals surface area contributed by atoms with Gasteiger partial charge in [0.1, 0.15) is 16.5 Å². The monoisotopic (exact) mass is 520 g/mol. The van der Waals surface area contributed by atoms with Gasteiger partial charge in [0.25, 0.3) is 0 Å². The molecule has 3 aromatic rings. The van der Waals surface area contributed by atoms with Gasteiger partial charge in [-0.2, -0.15) is 8.42 Å². The SMILES string of the molecule is CC(C)N(Cc1ccc(OS(=O)(=O)c2ccc(F)cc2)cc1)C(=O)Nc1ccc(Br)cc1. The van der Waals surface area contributed by atoms with E-state index in [0.717, 1.165) is 34.3 Å². The molecule has 0 spiro atoms. The summed E-state index contributed by atoms with van der Waals surface area (Å²) in [4.78, 5) is 14.3. The van der Waals surface area contributed by atoms with Crippen LogP contribution in [-0.2, 0) is 16.7 Å². The number of amides is 2. The third-order valence-electron chi connectivity index (χ3n) is 4.56. The van der Waals surface area contributed by atoms with Gasteiger partial charge in [0.2, 0.25) is 0 Å². The number of hydrogen-bond acceptors (Lipinski definition) is 4. The molecule has 0 aromatic heterocycles. The predicted octanol–water partition coefficient (Wildman–Crippen LogP) is 5.80. The van der Waals surface area contributed by atoms with E-state index in [0.29, 0.717) is 12.2 Å². The number of anilines is 1. The minimum atomic E-state index is -4.08. The molecule has 3 rings (SSSR count). The summed E-state index contributed by atoms with van der Waals surface area (Å²) in [5, 5.41) is 2.87. The number of carbonyl (C=O) groups excluding carboxylic acids is 1. The lowest BCUT2D eigenvalue weighted by atomic mass is 10.2. The Morgan fingerprint density at radius 1 is 1.00 bits per heavy atom. The summed E-state index contributed by atoms with van der Waals surface area (Å²) >= 11 is 3.36. The van der Waals surface area contributed by atoms with E-state index in [4.69, 9.17) is 4.18 Å². The van der Waals surface area contributed by atoms with Gasteiger partial charge in [-0.1, -0.05) is 28.1 Å². The van der Waals surface area contributed by atoms with Crippen molar-refractivity contribution >= 4 is 37.8 Å². The summed E-state index contributed by atoms with van der Waals surface area (Å²) in [6.45, 7) is 4.15. The molecule has 0 aliphatic rings. The first-order chi connectivity index (χ1) is 15.1. The molecule has 0 radical (unpaired) electrons. The highest BCUT2D eigenvalue weighted by atomic mass is 79.9. The number of urea groups is 1. The number of nitrogens with one attached hydrogen (secondary N) is 1. The van der Waals surface area contributed by atoms with Gasteiger partial charge in [0, 0.05) is 22.7 Å². The van der Waals surface area contributed by atoms with E-state index in [2.05, 4.69) is 21.2 Å². The Bertz CT molecular complexity index is 1170. The zero-order valence-corrected chi connectivity index (χ0v) is 19.9. The number of benzene rings is 3. The molecular weight excluding hydrogens is 499 g/mol. The van der Waals surface area contributed by atoms with Gasteiger partial charge in [0.15, 0.2) is 0 Å². The van der Waals surface area contributed by atoms with Gasteiger partial charge >= 0.3 is 16.1 Å². The lowest BCUT2D eigenvalue weighted by molar-refractivity contribution is 0.193. The summed E-state index contributed by atoms with van der Waals surface area (Å²) in [5.41, 5.74) is 1.48. The van der Waals surface area contributed by atoms with Crippen molar-refractivity contribution in [3.8, 4) is 5.75 Å². The van der Waals surface area contributed by atoms with Crippen LogP contribution in [0.15, 0.2) is 82.2 Å². The molecule has 3 aromatic carbocycles. The zero-order chi connectivity index (χ0) is 23.3. The second kappa shape index (κ2) is 10.1. The smallest absolute Gasteiger partial charge is 0.339 e. The molecule has 2 amide bonds. The number of halogens is 2. The summed E-state index contributed by atoms with van der Waals surface area (Å²) in [7, 11) is -4.08. The molecule has 0 atom stereocenters. The van der Waals surface area contributed by atoms with E-state index in [1.54, 1.807) is 29.2 Å². The molecule has 0 aliphatic heterocycles. The van der Waals surface area contributed by atoms with Gasteiger partial charge in [0.05, 0.1) is 0 Å². The van der Waals surface area contributed by atoms with Crippen LogP contribution in [0.3, 0.4) is 0 Å². The molecule has 0 aliphatic carbocycles. The fraction of sp³-hybridized carbons (Fsp3) is 0.174. The lowest BCUT2D eigenvalue weighted by Gasteiger charge is -2.27. The fourth-order valence-electron chi connectivity index (χ4n) is 2.84. The largest absolute Gasteiger partial charge is 0.379 e. The fourth-order valence-corrected chi connectivity index (χ4v) is 4.04. The van der Waals surface area contributed by atoms with Crippen LogP contribution in [0, 0.1) is 5.82 Å². The highest BCUT2D eigenvalue weighted by Crippen LogP contribution is 2.21. The van der Waals surface area contributed by atoms with Crippen molar-refractivity contribution in [1.82, 2.24) is 4.90 Å². The maximum atomic E-state index is 13.0. The molecule has 0 saturated carbocycles. The second-order valence-electron chi connectivity index (χ2n) is 7.29. The number of nitrogens with zero attached hydrogens (tertiary/aromatic N) is 1. The molecule has 32 heavy (non-hydrogen) atoms. The van der Waals surface area contributed by atoms with Crippen LogP contribution in [0.2, 0.25) is 0 Å². The quantitative estimate of drug-likeness (QED) is 0.399. The molecule has 0 unspecified atom stereocenters. The average Bonchev–Trinajstić information content (AvgIpc) is 2.74. The van der Waals surface area contributed by atoms with E-state index in [-0.39, 0.29) is 22.7 Å². The minimum Gasteiger partial charge on any atom is -0.379 e. The van der Waals surface area contributed by atoms with Crippen molar-refractivity contribution in [2.75, 3.05) is 5.32 Å². The Morgan fingerprint density at radius 3 is 2.16 bits per heavy atom. The first-order valence-electron chi connectivity index (χ1n) is 9.76. The molecule has 0 saturated heterocycles. The number of hydrogen-bond donors (Lipinski definition) is 1. The van der Waals surface area contributed by atoms with Crippen molar-refractivity contribution in [2.45, 2.75) is 31.3 Å². The minimum absolute atomic E-state index is 0.0692. The van der Waals surface area contributed by atoms with E-state index >= 15 is 0 Å². The summed E-state index contributed by atoms with van der Waals surface area (Å²) in [5.74, 6) is -0.416. The Kier molecular flexibility index (Phi) is 7.52. The van der Waals surface area contributed by atoms with Gasteiger partial charge < -0.3 is 14.4 Å². The number of rotatable bonds is 7. The Labute approximate surface area is 195 Å². The Morgan fingerprint density at radius 2 is 1.59 bits per heavy atom. The normalized spacial score (nSPS) is 11.3. The van der Waals surface area contributed by atoms with E-state index in [9.17, 15) is 17.6 Å². The number of carbonyl (C=O) groups is 1. The summed E-state index contributed by atoms with van der Waals surface area (Å²) < 4.78 is 43.8. The third-order valence-corrected chi connectivity index (χ3v) is 6.35. The van der Waals surface area contributed by atoms with E-state index in [1.165, 1.54) is 12.1 Å². The molecule has 1 N–H and O–H groups in total. The van der Waals surface area contributed by atoms with Crippen LogP contribution in [0.1, 0.15) is 19.4 Å². The van der Waals surface area contributed by atoms with Crippen molar-refractivity contribution < 1.29 is 21.8 Å². The lowest BCUT2D eigenvalue weighted by Crippen LogP contribution is -2.39. The Hall–Kier alpha value is -2.91. The van der Waals surface area contributed by atoms with Crippen molar-refractivity contribution in [3.63, 3.8) is 0 Å². The van der Waals surface area contributed by atoms with Crippen LogP contribution in [-0.4, -0.2) is 25.4 Å². The standard InChI is InChI=1S/C23H22BrFN2O4S/c1-16(2)27(23(28)26-20-9-5-18(24)6-10-20)15-17-3-11-21(12-4-17)31-32(29,30)22-13-7-19(25)8-14-22/h3-14,16H,15H2,1-2H3,(H,26,28). The topological polar surface area (TPSA) is 75.7 Å². The maximum Gasteiger partial charge on any atom is 0.339 e. The molecule has 0 bridgehead atoms. The summed E-state index contributed by atoms with van der Waals surface area (Å²) in [6.07, 6.45) is 0. The molecule has 6 nitrogen and oxygen atoms in total. The van der Waals surface area contributed by atoms with Gasteiger partial charge in [-0.05, 0) is 80.1 Å². The van der Waals surface area contributed by atoms with Gasteiger partial charge in [-0.15, -0.1) is 0 Å². The van der Waals surface area contributed by atoms with Gasteiger partial charge in [-0.3, -0.25) is 0 Å². The first kappa shape index (κ1) is 23.7. The summed E-state index contributed by atoms with van der Waals surface area (Å²) in [6, 6.07) is 17.8. The first-order valence-corrected chi connectivity index (χ1v) is 12.0. The van der Waals surface area contributed by atoms with Crippen LogP contribution >= 0.6 is 15.9 Å². The zero-order valence-electron chi connectivity index (χ0n) is 17.5. The average molecular weight is 521 g/mol. The van der Waals surface area contributed by atoms with Crippen LogP contribution in [0.5, 0.6) is 5.75 Å². The van der Waals surface area contributed by atoms with E-state index in [1.807, 2.05) is 26.0 Å². The van der Waals surface area contributed by atoms with Crippen LogP contribution < -0.4 is 9.50 Å². The van der Waals surface area contributed by atoms with Crippen molar-refractivity contribution in [1.29, 1.82) is 0 Å². The predicted molar refractivity (Wildman–Crippen MR) is 124 cm³/mol. The highest BCUT2D eigenvalue weighted by molar-refractivity contribution is 9.10. The van der Waals surface area contributed by atoms with E-state index < -0.39 is 15.9 Å². The van der Waals surface area contributed by atoms with Gasteiger partial charge in [-0.25, -0.2) is 9.18 Å². The molecule has 0 heterocycles. The Balaban J connectivity index is 1.67. The molecule has 9 heteroatoms. The maximum absolute atomic E-state index is 13.0. The molecule has 168 valence electrons. The van der Waals surface area contributed by atoms with Crippen molar-refractivity contribution in [2.24, 2.45) is 0 Å². The van der Waals surface area contributed by atoms with Crippen LogP contribution in [0.4, 0.5) is 14.9 Å². The van der Waals surface area contributed by atoms with Crippen LogP contribution in [0.25, 0.3) is 0 Å². The van der Waals surface area contributed by atoms with Crippen molar-refractivity contribution in [3.05, 3.63) is 88.6 Å². The molecular formula is C23H22BrFN2O4S. The second-order valence-corrected chi connectivity index (χ2v) is 9.76. The molecule has 0 fully saturated rings. The highest BCUT2D eigenvalue weighted by Gasteiger charge is 2.19.